The number of nitrogens with zero attached hydrogens (tertiary/aromatic N) is 2. The third-order valence-electron chi connectivity index (χ3n) is 4.14. The summed E-state index contributed by atoms with van der Waals surface area (Å²) < 4.78 is 14.7. The average molecular weight is 293 g/mol. The van der Waals surface area contributed by atoms with E-state index in [1.54, 1.807) is 12.3 Å². The molecule has 3 nitrogen and oxygen atoms in total. The Morgan fingerprint density at radius 3 is 2.95 bits per heavy atom. The fraction of sp³-hybridized carbons (Fsp3) is 0.706. The van der Waals surface area contributed by atoms with Crippen LogP contribution in [0, 0.1) is 17.7 Å². The number of pyridine rings is 1. The molecule has 21 heavy (non-hydrogen) atoms. The molecule has 1 unspecified atom stereocenters. The summed E-state index contributed by atoms with van der Waals surface area (Å²) in [5.41, 5.74) is 0.720. The van der Waals surface area contributed by atoms with Crippen molar-refractivity contribution in [1.29, 1.82) is 0 Å². The summed E-state index contributed by atoms with van der Waals surface area (Å²) >= 11 is 0. The zero-order chi connectivity index (χ0) is 15.2. The largest absolute Gasteiger partial charge is 0.354 e. The van der Waals surface area contributed by atoms with Crippen molar-refractivity contribution >= 4 is 5.82 Å². The average Bonchev–Trinajstić information content (AvgIpc) is 2.65. The molecule has 0 aromatic carbocycles. The maximum atomic E-state index is 14.7. The molecule has 0 bridgehead atoms. The Morgan fingerprint density at radius 2 is 2.19 bits per heavy atom. The van der Waals surface area contributed by atoms with Gasteiger partial charge < -0.3 is 10.2 Å². The second kappa shape index (κ2) is 7.74. The van der Waals surface area contributed by atoms with Gasteiger partial charge in [0.25, 0.3) is 0 Å². The Balaban J connectivity index is 2.06. The fourth-order valence-electron chi connectivity index (χ4n) is 2.80. The first-order chi connectivity index (χ1) is 10.1. The Bertz CT molecular complexity index is 448. The molecule has 1 atom stereocenters. The smallest absolute Gasteiger partial charge is 0.170 e. The third-order valence-corrected chi connectivity index (χ3v) is 4.14. The van der Waals surface area contributed by atoms with Crippen LogP contribution in [-0.4, -0.2) is 24.6 Å². The highest BCUT2D eigenvalue weighted by atomic mass is 19.1. The van der Waals surface area contributed by atoms with E-state index in [2.05, 4.69) is 36.0 Å². The molecule has 2 heterocycles. The molecule has 118 valence electrons. The molecule has 1 aromatic rings. The molecule has 1 aromatic heterocycles. The van der Waals surface area contributed by atoms with Crippen LogP contribution in [-0.2, 0) is 6.54 Å². The Labute approximate surface area is 127 Å². The third kappa shape index (κ3) is 4.67. The lowest BCUT2D eigenvalue weighted by atomic mass is 10.0. The molecule has 1 fully saturated rings. The van der Waals surface area contributed by atoms with Gasteiger partial charge in [-0.05, 0) is 43.7 Å². The van der Waals surface area contributed by atoms with E-state index >= 15 is 0 Å². The standard InChI is InChI=1S/C17H28FN3/c1-13(2)11-19-12-15-6-8-20-17(16(15)18)21-9-4-5-14(3)7-10-21/h6,8,13-14,19H,4-5,7,9-12H2,1-3H3. The highest BCUT2D eigenvalue weighted by Crippen LogP contribution is 2.24. The summed E-state index contributed by atoms with van der Waals surface area (Å²) in [6.07, 6.45) is 5.21. The maximum Gasteiger partial charge on any atom is 0.170 e. The molecule has 1 N–H and O–H groups in total. The number of hydrogen-bond acceptors (Lipinski definition) is 3. The van der Waals surface area contributed by atoms with Gasteiger partial charge >= 0.3 is 0 Å². The van der Waals surface area contributed by atoms with Crippen LogP contribution in [0.15, 0.2) is 12.3 Å². The molecule has 0 saturated carbocycles. The summed E-state index contributed by atoms with van der Waals surface area (Å²) in [5.74, 6) is 1.69. The maximum absolute atomic E-state index is 14.7. The van der Waals surface area contributed by atoms with Crippen molar-refractivity contribution in [2.24, 2.45) is 11.8 Å². The minimum absolute atomic E-state index is 0.150. The van der Waals surface area contributed by atoms with E-state index in [1.807, 2.05) is 0 Å². The van der Waals surface area contributed by atoms with Gasteiger partial charge in [0.1, 0.15) is 0 Å². The van der Waals surface area contributed by atoms with Crippen molar-refractivity contribution < 1.29 is 4.39 Å². The van der Waals surface area contributed by atoms with Gasteiger partial charge in [-0.3, -0.25) is 0 Å². The highest BCUT2D eigenvalue weighted by molar-refractivity contribution is 5.43. The minimum atomic E-state index is -0.150. The molecule has 1 aliphatic heterocycles. The quantitative estimate of drug-likeness (QED) is 0.899. The predicted molar refractivity (Wildman–Crippen MR) is 86.0 cm³/mol. The van der Waals surface area contributed by atoms with Gasteiger partial charge in [0.15, 0.2) is 11.6 Å². The van der Waals surface area contributed by atoms with E-state index in [0.717, 1.165) is 44.0 Å². The first kappa shape index (κ1) is 16.2. The van der Waals surface area contributed by atoms with Gasteiger partial charge in [0.2, 0.25) is 0 Å². The van der Waals surface area contributed by atoms with E-state index in [4.69, 9.17) is 0 Å². The topological polar surface area (TPSA) is 28.2 Å². The van der Waals surface area contributed by atoms with E-state index < -0.39 is 0 Å². The Hall–Kier alpha value is -1.16. The predicted octanol–water partition coefficient (Wildman–Crippen LogP) is 3.59. The Morgan fingerprint density at radius 1 is 1.38 bits per heavy atom. The van der Waals surface area contributed by atoms with Crippen LogP contribution in [0.5, 0.6) is 0 Å². The lowest BCUT2D eigenvalue weighted by Gasteiger charge is -2.23. The second-order valence-electron chi connectivity index (χ2n) is 6.66. The molecule has 2 rings (SSSR count). The van der Waals surface area contributed by atoms with Gasteiger partial charge in [-0.25, -0.2) is 9.37 Å². The monoisotopic (exact) mass is 293 g/mol. The van der Waals surface area contributed by atoms with Gasteiger partial charge in [-0.1, -0.05) is 20.8 Å². The van der Waals surface area contributed by atoms with Gasteiger partial charge in [-0.2, -0.15) is 0 Å². The van der Waals surface area contributed by atoms with Crippen LogP contribution in [0.1, 0.15) is 45.6 Å². The van der Waals surface area contributed by atoms with Crippen LogP contribution in [0.3, 0.4) is 0 Å². The lowest BCUT2D eigenvalue weighted by Crippen LogP contribution is -2.27. The molecule has 0 radical (unpaired) electrons. The minimum Gasteiger partial charge on any atom is -0.354 e. The molecular formula is C17H28FN3. The van der Waals surface area contributed by atoms with Crippen molar-refractivity contribution in [2.45, 2.75) is 46.6 Å². The van der Waals surface area contributed by atoms with Crippen LogP contribution in [0.4, 0.5) is 10.2 Å². The molecular weight excluding hydrogens is 265 g/mol. The Kier molecular flexibility index (Phi) is 5.97. The van der Waals surface area contributed by atoms with Crippen molar-refractivity contribution in [3.63, 3.8) is 0 Å². The number of anilines is 1. The van der Waals surface area contributed by atoms with E-state index in [1.165, 1.54) is 6.42 Å². The van der Waals surface area contributed by atoms with Crippen LogP contribution in [0.25, 0.3) is 0 Å². The van der Waals surface area contributed by atoms with Crippen molar-refractivity contribution in [1.82, 2.24) is 10.3 Å². The molecule has 0 spiro atoms. The summed E-state index contributed by atoms with van der Waals surface area (Å²) in [4.78, 5) is 6.41. The van der Waals surface area contributed by atoms with Crippen LogP contribution < -0.4 is 10.2 Å². The molecule has 0 aliphatic carbocycles. The van der Waals surface area contributed by atoms with Gasteiger partial charge in [0.05, 0.1) is 0 Å². The molecule has 1 aliphatic rings. The number of rotatable bonds is 5. The van der Waals surface area contributed by atoms with E-state index in [-0.39, 0.29) is 5.82 Å². The zero-order valence-electron chi connectivity index (χ0n) is 13.5. The molecule has 0 amide bonds. The lowest BCUT2D eigenvalue weighted by molar-refractivity contribution is 0.519. The van der Waals surface area contributed by atoms with Crippen molar-refractivity contribution in [2.75, 3.05) is 24.5 Å². The van der Waals surface area contributed by atoms with Crippen LogP contribution >= 0.6 is 0 Å². The summed E-state index contributed by atoms with van der Waals surface area (Å²) in [7, 11) is 0. The molecule has 4 heteroatoms. The first-order valence-corrected chi connectivity index (χ1v) is 8.17. The fourth-order valence-corrected chi connectivity index (χ4v) is 2.80. The number of hydrogen-bond donors (Lipinski definition) is 1. The summed E-state index contributed by atoms with van der Waals surface area (Å²) in [5, 5.41) is 3.31. The first-order valence-electron chi connectivity index (χ1n) is 8.17. The van der Waals surface area contributed by atoms with Crippen molar-refractivity contribution in [3.05, 3.63) is 23.6 Å². The van der Waals surface area contributed by atoms with Crippen LogP contribution in [0.2, 0.25) is 0 Å². The summed E-state index contributed by atoms with van der Waals surface area (Å²) in [6.45, 7) is 9.88. The number of aromatic nitrogens is 1. The van der Waals surface area contributed by atoms with Gasteiger partial charge in [0, 0.05) is 31.4 Å². The number of nitrogens with one attached hydrogen (secondary N) is 1. The number of halogens is 1. The van der Waals surface area contributed by atoms with E-state index in [9.17, 15) is 4.39 Å². The zero-order valence-corrected chi connectivity index (χ0v) is 13.5. The van der Waals surface area contributed by atoms with Gasteiger partial charge in [-0.15, -0.1) is 0 Å². The second-order valence-corrected chi connectivity index (χ2v) is 6.66. The normalized spacial score (nSPS) is 19.9. The molecule has 1 saturated heterocycles. The summed E-state index contributed by atoms with van der Waals surface area (Å²) in [6, 6.07) is 1.78. The SMILES string of the molecule is CC(C)CNCc1ccnc(N2CCCC(C)CC2)c1F. The highest BCUT2D eigenvalue weighted by Gasteiger charge is 2.19. The van der Waals surface area contributed by atoms with Crippen molar-refractivity contribution in [3.8, 4) is 0 Å². The van der Waals surface area contributed by atoms with E-state index in [0.29, 0.717) is 18.3 Å².